The highest BCUT2D eigenvalue weighted by Gasteiger charge is 1.91. The molecule has 0 fully saturated rings. The molecule has 0 saturated heterocycles. The molecule has 18 heavy (non-hydrogen) atoms. The van der Waals surface area contributed by atoms with Crippen molar-refractivity contribution < 1.29 is 0 Å². The molecule has 0 amide bonds. The van der Waals surface area contributed by atoms with Gasteiger partial charge in [-0.15, -0.1) is 0 Å². The van der Waals surface area contributed by atoms with Crippen molar-refractivity contribution in [3.05, 3.63) is 53.1 Å². The van der Waals surface area contributed by atoms with E-state index in [1.165, 1.54) is 13.8 Å². The van der Waals surface area contributed by atoms with Crippen molar-refractivity contribution in [2.24, 2.45) is 0 Å². The van der Waals surface area contributed by atoms with Crippen LogP contribution in [-0.2, 0) is 0 Å². The lowest BCUT2D eigenvalue weighted by molar-refractivity contribution is 0.853. The molecule has 2 heterocycles. The van der Waals surface area contributed by atoms with Gasteiger partial charge in [0.15, 0.2) is 0 Å². The molecule has 4 N–H and O–H groups in total. The first-order valence-corrected chi connectivity index (χ1v) is 4.71. The predicted molar refractivity (Wildman–Crippen MR) is 60.4 cm³/mol. The zero-order chi connectivity index (χ0) is 13.7. The van der Waals surface area contributed by atoms with Crippen LogP contribution in [0.5, 0.6) is 0 Å². The quantitative estimate of drug-likeness (QED) is 0.408. The molecular formula is C8H10N6O4. The highest BCUT2D eigenvalue weighted by molar-refractivity contribution is 4.86. The minimum absolute atomic E-state index is 0.259. The maximum atomic E-state index is 10.5. The number of nitrogens with zero attached hydrogens (tertiary/aromatic N) is 2. The summed E-state index contributed by atoms with van der Waals surface area (Å²) in [5.41, 5.74) is -1.53. The van der Waals surface area contributed by atoms with Gasteiger partial charge in [0, 0.05) is 0 Å². The van der Waals surface area contributed by atoms with Crippen molar-refractivity contribution in [2.75, 3.05) is 0 Å². The predicted octanol–water partition coefficient (Wildman–Crippen LogP) is -2.47. The van der Waals surface area contributed by atoms with Crippen LogP contribution in [0.3, 0.4) is 0 Å². The fourth-order valence-corrected chi connectivity index (χ4v) is 0.814. The van der Waals surface area contributed by atoms with Crippen LogP contribution in [0.2, 0.25) is 0 Å². The molecule has 0 aliphatic carbocycles. The zero-order valence-electron chi connectivity index (χ0n) is 9.53. The van der Waals surface area contributed by atoms with Gasteiger partial charge in [0.25, 0.3) is 11.1 Å². The van der Waals surface area contributed by atoms with Crippen molar-refractivity contribution in [3.8, 4) is 0 Å². The van der Waals surface area contributed by atoms with Gasteiger partial charge in [-0.2, -0.15) is 10.2 Å². The van der Waals surface area contributed by atoms with Crippen LogP contribution in [-0.4, -0.2) is 30.4 Å². The Labute approximate surface area is 98.1 Å². The van der Waals surface area contributed by atoms with Crippen LogP contribution in [0.1, 0.15) is 11.4 Å². The Kier molecular flexibility index (Phi) is 4.07. The van der Waals surface area contributed by atoms with E-state index >= 15 is 0 Å². The van der Waals surface area contributed by atoms with Crippen LogP contribution in [0.4, 0.5) is 0 Å². The third-order valence-electron chi connectivity index (χ3n) is 1.76. The van der Waals surface area contributed by atoms with Crippen LogP contribution in [0, 0.1) is 13.8 Å². The molecule has 0 radical (unpaired) electrons. The monoisotopic (exact) mass is 254 g/mol. The fourth-order valence-electron chi connectivity index (χ4n) is 0.814. The highest BCUT2D eigenvalue weighted by Crippen LogP contribution is 1.65. The smallest absolute Gasteiger partial charge is 0.271 e. The number of rotatable bonds is 0. The van der Waals surface area contributed by atoms with Crippen LogP contribution < -0.4 is 22.5 Å². The van der Waals surface area contributed by atoms with E-state index < -0.39 is 22.5 Å². The molecule has 0 aliphatic heterocycles. The van der Waals surface area contributed by atoms with Gasteiger partial charge in [0.1, 0.15) is 11.4 Å². The minimum atomic E-state index is -0.578. The van der Waals surface area contributed by atoms with Crippen LogP contribution in [0.25, 0.3) is 0 Å². The summed E-state index contributed by atoms with van der Waals surface area (Å²) in [7, 11) is 0. The maximum Gasteiger partial charge on any atom is 0.342 e. The molecule has 10 heteroatoms. The summed E-state index contributed by atoms with van der Waals surface area (Å²) in [5.74, 6) is 0. The molecule has 0 aliphatic rings. The van der Waals surface area contributed by atoms with Gasteiger partial charge in [0.05, 0.1) is 0 Å². The van der Waals surface area contributed by atoms with E-state index in [1.807, 2.05) is 9.97 Å². The number of aromatic nitrogens is 6. The third kappa shape index (κ3) is 3.66. The second-order valence-corrected chi connectivity index (χ2v) is 3.18. The number of nitrogens with one attached hydrogen (secondary N) is 4. The Morgan fingerprint density at radius 2 is 1.06 bits per heavy atom. The largest absolute Gasteiger partial charge is 0.342 e. The summed E-state index contributed by atoms with van der Waals surface area (Å²) in [4.78, 5) is 45.6. The molecule has 2 aromatic heterocycles. The minimum Gasteiger partial charge on any atom is -0.271 e. The molecule has 2 rings (SSSR count). The number of hydrogen-bond donors (Lipinski definition) is 4. The normalized spacial score (nSPS) is 9.44. The average molecular weight is 254 g/mol. The Morgan fingerprint density at radius 1 is 0.722 bits per heavy atom. The molecule has 0 aromatic carbocycles. The number of aromatic amines is 4. The van der Waals surface area contributed by atoms with E-state index in [0.29, 0.717) is 0 Å². The van der Waals surface area contributed by atoms with E-state index in [-0.39, 0.29) is 11.4 Å². The van der Waals surface area contributed by atoms with Crippen LogP contribution in [0.15, 0.2) is 19.2 Å². The molecule has 0 saturated carbocycles. The Balaban J connectivity index is 0.000000180. The zero-order valence-corrected chi connectivity index (χ0v) is 9.53. The first-order chi connectivity index (χ1) is 8.40. The van der Waals surface area contributed by atoms with Crippen molar-refractivity contribution in [2.45, 2.75) is 13.8 Å². The second kappa shape index (κ2) is 5.52. The van der Waals surface area contributed by atoms with E-state index in [0.717, 1.165) is 0 Å². The fraction of sp³-hybridized carbons (Fsp3) is 0.250. The standard InChI is InChI=1S/2C4H5N3O2/c2*1-2-3(8)5-4(9)7-6-2/h2*1H3,(H2,5,7,8,9). The van der Waals surface area contributed by atoms with E-state index in [2.05, 4.69) is 20.4 Å². The van der Waals surface area contributed by atoms with Gasteiger partial charge in [-0.25, -0.2) is 19.8 Å². The summed E-state index contributed by atoms with van der Waals surface area (Å²) in [5, 5.41) is 11.0. The summed E-state index contributed by atoms with van der Waals surface area (Å²) >= 11 is 0. The van der Waals surface area contributed by atoms with Gasteiger partial charge in [0.2, 0.25) is 0 Å². The SMILES string of the molecule is Cc1n[nH]c(=O)[nH]c1=O.Cc1n[nH]c(=O)[nH]c1=O. The third-order valence-corrected chi connectivity index (χ3v) is 1.76. The second-order valence-electron chi connectivity index (χ2n) is 3.18. The van der Waals surface area contributed by atoms with Crippen molar-refractivity contribution >= 4 is 0 Å². The van der Waals surface area contributed by atoms with Crippen molar-refractivity contribution in [1.29, 1.82) is 0 Å². The lowest BCUT2D eigenvalue weighted by Gasteiger charge is -1.83. The molecule has 96 valence electrons. The number of H-pyrrole nitrogens is 4. The summed E-state index contributed by atoms with van der Waals surface area (Å²) in [6.07, 6.45) is 0. The van der Waals surface area contributed by atoms with Gasteiger partial charge in [-0.1, -0.05) is 0 Å². The lowest BCUT2D eigenvalue weighted by Crippen LogP contribution is -2.25. The first kappa shape index (κ1) is 13.3. The van der Waals surface area contributed by atoms with Gasteiger partial charge < -0.3 is 0 Å². The van der Waals surface area contributed by atoms with Gasteiger partial charge in [-0.3, -0.25) is 19.6 Å². The highest BCUT2D eigenvalue weighted by atomic mass is 16.2. The Morgan fingerprint density at radius 3 is 1.28 bits per heavy atom. The topological polar surface area (TPSA) is 157 Å². The van der Waals surface area contributed by atoms with Crippen molar-refractivity contribution in [1.82, 2.24) is 30.4 Å². The molecule has 0 unspecified atom stereocenters. The number of aryl methyl sites for hydroxylation is 2. The van der Waals surface area contributed by atoms with Crippen LogP contribution >= 0.6 is 0 Å². The molecular weight excluding hydrogens is 244 g/mol. The molecule has 0 bridgehead atoms. The van der Waals surface area contributed by atoms with E-state index in [4.69, 9.17) is 0 Å². The van der Waals surface area contributed by atoms with E-state index in [1.54, 1.807) is 0 Å². The van der Waals surface area contributed by atoms with Gasteiger partial charge >= 0.3 is 11.4 Å². The maximum absolute atomic E-state index is 10.5. The molecule has 2 aromatic rings. The first-order valence-electron chi connectivity index (χ1n) is 4.71. The van der Waals surface area contributed by atoms with Gasteiger partial charge in [-0.05, 0) is 13.8 Å². The molecule has 0 atom stereocenters. The number of hydrogen-bond acceptors (Lipinski definition) is 6. The summed E-state index contributed by atoms with van der Waals surface area (Å²) < 4.78 is 0. The van der Waals surface area contributed by atoms with Crippen molar-refractivity contribution in [3.63, 3.8) is 0 Å². The Bertz CT molecular complexity index is 686. The summed E-state index contributed by atoms with van der Waals surface area (Å²) in [6, 6.07) is 0. The summed E-state index contributed by atoms with van der Waals surface area (Å²) in [6.45, 7) is 3.02. The average Bonchev–Trinajstić information content (AvgIpc) is 2.30. The molecule has 0 spiro atoms. The molecule has 10 nitrogen and oxygen atoms in total. The van der Waals surface area contributed by atoms with E-state index in [9.17, 15) is 19.2 Å². The Hall–Kier alpha value is -2.78. The lowest BCUT2D eigenvalue weighted by atomic mass is 10.5.